The SMILES string of the molecule is CC(Sc1cccc(NC(=O)/C(=C/c2cccnc2)NC(=O)c2ccccc2)c1)C(=O)Nc1nc(-c2ccc(Cl)cc2Cl)cs1. The maximum atomic E-state index is 13.4. The molecule has 1 unspecified atom stereocenters. The lowest BCUT2D eigenvalue weighted by molar-refractivity contribution is -0.115. The van der Waals surface area contributed by atoms with Gasteiger partial charge in [-0.05, 0) is 73.2 Å². The summed E-state index contributed by atoms with van der Waals surface area (Å²) in [5.41, 5.74) is 2.95. The lowest BCUT2D eigenvalue weighted by atomic mass is 10.2. The topological polar surface area (TPSA) is 113 Å². The molecule has 8 nitrogen and oxygen atoms in total. The third-order valence-electron chi connectivity index (χ3n) is 6.24. The average molecular weight is 675 g/mol. The van der Waals surface area contributed by atoms with Crippen molar-refractivity contribution >= 4 is 80.9 Å². The van der Waals surface area contributed by atoms with Gasteiger partial charge in [-0.1, -0.05) is 53.5 Å². The Morgan fingerprint density at radius 3 is 2.51 bits per heavy atom. The second kappa shape index (κ2) is 15.0. The fraction of sp³-hybridized carbons (Fsp3) is 0.0606. The van der Waals surface area contributed by atoms with Crippen LogP contribution in [0.5, 0.6) is 0 Å². The van der Waals surface area contributed by atoms with Gasteiger partial charge in [0.05, 0.1) is 16.0 Å². The maximum Gasteiger partial charge on any atom is 0.272 e. The van der Waals surface area contributed by atoms with Crippen LogP contribution in [0.2, 0.25) is 10.0 Å². The molecule has 0 aliphatic heterocycles. The highest BCUT2D eigenvalue weighted by Crippen LogP contribution is 2.33. The van der Waals surface area contributed by atoms with Crippen molar-refractivity contribution in [2.45, 2.75) is 17.1 Å². The molecule has 0 saturated carbocycles. The zero-order valence-corrected chi connectivity index (χ0v) is 26.8. The predicted molar refractivity (Wildman–Crippen MR) is 183 cm³/mol. The molecule has 3 N–H and O–H groups in total. The Labute approximate surface area is 277 Å². The number of carbonyl (C=O) groups is 3. The second-order valence-electron chi connectivity index (χ2n) is 9.56. The summed E-state index contributed by atoms with van der Waals surface area (Å²) in [6, 6.07) is 24.4. The van der Waals surface area contributed by atoms with Crippen molar-refractivity contribution in [3.63, 3.8) is 0 Å². The molecule has 0 aliphatic rings. The minimum Gasteiger partial charge on any atom is -0.321 e. The van der Waals surface area contributed by atoms with Gasteiger partial charge in [-0.3, -0.25) is 19.4 Å². The third-order valence-corrected chi connectivity index (χ3v) is 8.64. The molecule has 3 aromatic carbocycles. The molecule has 226 valence electrons. The van der Waals surface area contributed by atoms with E-state index in [2.05, 4.69) is 25.9 Å². The molecule has 1 atom stereocenters. The summed E-state index contributed by atoms with van der Waals surface area (Å²) in [5.74, 6) is -1.17. The van der Waals surface area contributed by atoms with E-state index in [1.807, 2.05) is 11.4 Å². The van der Waals surface area contributed by atoms with E-state index in [1.54, 1.807) is 104 Å². The van der Waals surface area contributed by atoms with Crippen molar-refractivity contribution < 1.29 is 14.4 Å². The van der Waals surface area contributed by atoms with Gasteiger partial charge in [0.1, 0.15) is 5.70 Å². The van der Waals surface area contributed by atoms with Crippen LogP contribution < -0.4 is 16.0 Å². The van der Waals surface area contributed by atoms with Crippen molar-refractivity contribution in [2.24, 2.45) is 0 Å². The molecule has 0 fully saturated rings. The van der Waals surface area contributed by atoms with E-state index >= 15 is 0 Å². The van der Waals surface area contributed by atoms with Crippen LogP contribution in [-0.2, 0) is 9.59 Å². The smallest absolute Gasteiger partial charge is 0.272 e. The molecule has 5 aromatic rings. The van der Waals surface area contributed by atoms with E-state index in [4.69, 9.17) is 23.2 Å². The molecular formula is C33H25Cl2N5O3S2. The highest BCUT2D eigenvalue weighted by atomic mass is 35.5. The van der Waals surface area contributed by atoms with Crippen molar-refractivity contribution in [1.29, 1.82) is 0 Å². The summed E-state index contributed by atoms with van der Waals surface area (Å²) in [6.45, 7) is 1.78. The van der Waals surface area contributed by atoms with Crippen LogP contribution in [0.15, 0.2) is 113 Å². The van der Waals surface area contributed by atoms with E-state index in [1.165, 1.54) is 23.1 Å². The van der Waals surface area contributed by atoms with Crippen LogP contribution >= 0.6 is 46.3 Å². The van der Waals surface area contributed by atoms with Gasteiger partial charge in [-0.2, -0.15) is 0 Å². The molecular weight excluding hydrogens is 649 g/mol. The van der Waals surface area contributed by atoms with Gasteiger partial charge < -0.3 is 16.0 Å². The number of hydrogen-bond donors (Lipinski definition) is 3. The maximum absolute atomic E-state index is 13.4. The molecule has 12 heteroatoms. The molecule has 45 heavy (non-hydrogen) atoms. The van der Waals surface area contributed by atoms with Gasteiger partial charge in [0.2, 0.25) is 5.91 Å². The zero-order valence-electron chi connectivity index (χ0n) is 23.7. The summed E-state index contributed by atoms with van der Waals surface area (Å²) in [7, 11) is 0. The van der Waals surface area contributed by atoms with E-state index in [0.29, 0.717) is 37.7 Å². The third kappa shape index (κ3) is 8.80. The van der Waals surface area contributed by atoms with Crippen LogP contribution in [0, 0.1) is 0 Å². The second-order valence-corrected chi connectivity index (χ2v) is 12.7. The Kier molecular flexibility index (Phi) is 10.6. The van der Waals surface area contributed by atoms with Gasteiger partial charge in [0, 0.05) is 44.5 Å². The van der Waals surface area contributed by atoms with Gasteiger partial charge >= 0.3 is 0 Å². The normalized spacial score (nSPS) is 11.8. The number of benzene rings is 3. The summed E-state index contributed by atoms with van der Waals surface area (Å²) in [6.07, 6.45) is 4.76. The molecule has 0 aliphatic carbocycles. The molecule has 2 aromatic heterocycles. The van der Waals surface area contributed by atoms with E-state index < -0.39 is 17.1 Å². The largest absolute Gasteiger partial charge is 0.321 e. The number of amides is 3. The van der Waals surface area contributed by atoms with Crippen molar-refractivity contribution in [3.8, 4) is 11.3 Å². The zero-order chi connectivity index (χ0) is 31.8. The standard InChI is InChI=1S/C33H25Cl2N5O3S2/c1-20(30(41)40-33-39-29(19-44-33)26-13-12-23(34)16-27(26)35)45-25-11-5-10-24(17-25)37-32(43)28(15-21-7-6-14-36-18-21)38-31(42)22-8-3-2-4-9-22/h2-20H,1H3,(H,37,43)(H,38,42)(H,39,40,41)/b28-15-. The Morgan fingerprint density at radius 2 is 1.76 bits per heavy atom. The van der Waals surface area contributed by atoms with E-state index in [0.717, 1.165) is 10.5 Å². The van der Waals surface area contributed by atoms with E-state index in [-0.39, 0.29) is 11.6 Å². The Hall–Kier alpha value is -4.48. The van der Waals surface area contributed by atoms with Gasteiger partial charge in [-0.25, -0.2) is 4.98 Å². The number of nitrogens with one attached hydrogen (secondary N) is 3. The molecule has 3 amide bonds. The van der Waals surface area contributed by atoms with Crippen LogP contribution in [0.3, 0.4) is 0 Å². The summed E-state index contributed by atoms with van der Waals surface area (Å²) in [5, 5.41) is 11.2. The van der Waals surface area contributed by atoms with Gasteiger partial charge in [0.15, 0.2) is 5.13 Å². The number of nitrogens with zero attached hydrogens (tertiary/aromatic N) is 2. The first-order chi connectivity index (χ1) is 21.7. The molecule has 5 rings (SSSR count). The number of rotatable bonds is 10. The van der Waals surface area contributed by atoms with Crippen molar-refractivity contribution in [2.75, 3.05) is 10.6 Å². The Morgan fingerprint density at radius 1 is 0.933 bits per heavy atom. The van der Waals surface area contributed by atoms with E-state index in [9.17, 15) is 14.4 Å². The lowest BCUT2D eigenvalue weighted by Gasteiger charge is -2.13. The fourth-order valence-corrected chi connectivity index (χ4v) is 6.18. The highest BCUT2D eigenvalue weighted by molar-refractivity contribution is 8.00. The highest BCUT2D eigenvalue weighted by Gasteiger charge is 2.19. The number of halogens is 2. The quantitative estimate of drug-likeness (QED) is 0.102. The number of carbonyl (C=O) groups excluding carboxylic acids is 3. The van der Waals surface area contributed by atoms with Gasteiger partial charge in [-0.15, -0.1) is 23.1 Å². The Bertz CT molecular complexity index is 1870. The van der Waals surface area contributed by atoms with Crippen LogP contribution in [-0.4, -0.2) is 32.9 Å². The molecule has 0 bridgehead atoms. The van der Waals surface area contributed by atoms with Gasteiger partial charge in [0.25, 0.3) is 11.8 Å². The number of aromatic nitrogens is 2. The first-order valence-corrected chi connectivity index (χ1v) is 16.0. The number of hydrogen-bond acceptors (Lipinski definition) is 7. The van der Waals surface area contributed by atoms with Crippen LogP contribution in [0.4, 0.5) is 10.8 Å². The van der Waals surface area contributed by atoms with Crippen molar-refractivity contribution in [3.05, 3.63) is 130 Å². The fourth-order valence-electron chi connectivity index (χ4n) is 4.03. The first kappa shape index (κ1) is 31.9. The lowest BCUT2D eigenvalue weighted by Crippen LogP contribution is -2.30. The first-order valence-electron chi connectivity index (χ1n) is 13.5. The number of thiazole rings is 1. The molecule has 2 heterocycles. The minimum absolute atomic E-state index is 0.0466. The summed E-state index contributed by atoms with van der Waals surface area (Å²) < 4.78 is 0. The summed E-state index contributed by atoms with van der Waals surface area (Å²) >= 11 is 14.9. The van der Waals surface area contributed by atoms with Crippen LogP contribution in [0.1, 0.15) is 22.8 Å². The number of anilines is 2. The minimum atomic E-state index is -0.517. The number of pyridine rings is 1. The van der Waals surface area contributed by atoms with Crippen molar-refractivity contribution in [1.82, 2.24) is 15.3 Å². The molecule has 0 spiro atoms. The average Bonchev–Trinajstić information content (AvgIpc) is 3.49. The summed E-state index contributed by atoms with van der Waals surface area (Å²) in [4.78, 5) is 48.6. The van der Waals surface area contributed by atoms with Crippen LogP contribution in [0.25, 0.3) is 17.3 Å². The Balaban J connectivity index is 1.24. The molecule has 0 radical (unpaired) electrons. The molecule has 0 saturated heterocycles. The number of thioether (sulfide) groups is 1. The monoisotopic (exact) mass is 673 g/mol. The predicted octanol–water partition coefficient (Wildman–Crippen LogP) is 8.04.